The zero-order valence-electron chi connectivity index (χ0n) is 14.5. The van der Waals surface area contributed by atoms with Crippen LogP contribution in [0, 0.1) is 5.82 Å². The summed E-state index contributed by atoms with van der Waals surface area (Å²) in [7, 11) is 0. The number of aromatic amines is 1. The van der Waals surface area contributed by atoms with E-state index in [-0.39, 0.29) is 11.7 Å². The van der Waals surface area contributed by atoms with Crippen molar-refractivity contribution < 1.29 is 9.18 Å². The van der Waals surface area contributed by atoms with Crippen LogP contribution in [0.2, 0.25) is 0 Å². The molecule has 2 heterocycles. The summed E-state index contributed by atoms with van der Waals surface area (Å²) >= 11 is 0. The molecule has 3 rings (SSSR count). The highest BCUT2D eigenvalue weighted by atomic mass is 19.1. The number of aryl methyl sites for hydroxylation is 1. The topological polar surface area (TPSA) is 52.2 Å². The van der Waals surface area contributed by atoms with Crippen LogP contribution in [-0.4, -0.2) is 52.1 Å². The number of nitrogens with zero attached hydrogens (tertiary/aromatic N) is 3. The molecule has 0 radical (unpaired) electrons. The molecule has 1 saturated heterocycles. The molecule has 134 valence electrons. The molecule has 1 aliphatic rings. The maximum atomic E-state index is 12.9. The van der Waals surface area contributed by atoms with Gasteiger partial charge in [0.1, 0.15) is 5.82 Å². The monoisotopic (exact) mass is 344 g/mol. The summed E-state index contributed by atoms with van der Waals surface area (Å²) < 4.78 is 12.9. The highest BCUT2D eigenvalue weighted by Gasteiger charge is 2.19. The second-order valence-electron chi connectivity index (χ2n) is 6.57. The number of halogens is 1. The van der Waals surface area contributed by atoms with E-state index in [1.54, 1.807) is 18.3 Å². The van der Waals surface area contributed by atoms with Gasteiger partial charge in [0, 0.05) is 51.0 Å². The summed E-state index contributed by atoms with van der Waals surface area (Å²) in [6.07, 6.45) is 4.94. The minimum Gasteiger partial charge on any atom is -0.341 e. The fraction of sp³-hybridized carbons (Fsp3) is 0.474. The van der Waals surface area contributed by atoms with E-state index >= 15 is 0 Å². The second kappa shape index (κ2) is 8.76. The van der Waals surface area contributed by atoms with E-state index in [4.69, 9.17) is 0 Å². The summed E-state index contributed by atoms with van der Waals surface area (Å²) in [5, 5.41) is 6.97. The maximum absolute atomic E-state index is 12.9. The summed E-state index contributed by atoms with van der Waals surface area (Å²) in [5.41, 5.74) is 2.19. The van der Waals surface area contributed by atoms with Crippen molar-refractivity contribution in [3.05, 3.63) is 53.6 Å². The van der Waals surface area contributed by atoms with Crippen molar-refractivity contribution in [2.45, 2.75) is 32.2 Å². The molecule has 1 N–H and O–H groups in total. The molecule has 0 unspecified atom stereocenters. The van der Waals surface area contributed by atoms with Gasteiger partial charge in [-0.3, -0.25) is 14.8 Å². The van der Waals surface area contributed by atoms with Crippen LogP contribution in [0.25, 0.3) is 0 Å². The molecule has 0 bridgehead atoms. The predicted molar refractivity (Wildman–Crippen MR) is 94.4 cm³/mol. The standard InChI is InChI=1S/C19H25FN4O/c20-17-7-5-16(6-8-17)3-1-4-19(25)24-12-2-11-23(13-14-24)15-18-9-10-21-22-18/h5-10H,1-4,11-15H2,(H,21,22). The lowest BCUT2D eigenvalue weighted by molar-refractivity contribution is -0.131. The lowest BCUT2D eigenvalue weighted by Crippen LogP contribution is -2.35. The summed E-state index contributed by atoms with van der Waals surface area (Å²) in [4.78, 5) is 16.8. The molecular formula is C19H25FN4O. The molecular weight excluding hydrogens is 319 g/mol. The van der Waals surface area contributed by atoms with Crippen molar-refractivity contribution >= 4 is 5.91 Å². The van der Waals surface area contributed by atoms with Gasteiger partial charge in [-0.1, -0.05) is 12.1 Å². The number of amides is 1. The molecule has 25 heavy (non-hydrogen) atoms. The molecule has 0 saturated carbocycles. The van der Waals surface area contributed by atoms with Gasteiger partial charge in [0.05, 0.1) is 0 Å². The van der Waals surface area contributed by atoms with Crippen molar-refractivity contribution in [3.63, 3.8) is 0 Å². The minimum atomic E-state index is -0.218. The molecule has 1 aromatic carbocycles. The Balaban J connectivity index is 1.40. The van der Waals surface area contributed by atoms with Crippen LogP contribution in [0.15, 0.2) is 36.5 Å². The molecule has 0 aliphatic carbocycles. The van der Waals surface area contributed by atoms with Crippen molar-refractivity contribution in [3.8, 4) is 0 Å². The quantitative estimate of drug-likeness (QED) is 0.876. The molecule has 2 aromatic rings. The Morgan fingerprint density at radius 2 is 1.96 bits per heavy atom. The van der Waals surface area contributed by atoms with Crippen molar-refractivity contribution in [2.75, 3.05) is 26.2 Å². The van der Waals surface area contributed by atoms with Gasteiger partial charge in [-0.2, -0.15) is 5.10 Å². The van der Waals surface area contributed by atoms with Crippen molar-refractivity contribution in [1.82, 2.24) is 20.0 Å². The average Bonchev–Trinajstić information content (AvgIpc) is 3.01. The third-order valence-corrected chi connectivity index (χ3v) is 4.66. The van der Waals surface area contributed by atoms with Gasteiger partial charge in [0.25, 0.3) is 0 Å². The van der Waals surface area contributed by atoms with Crippen LogP contribution in [0.1, 0.15) is 30.5 Å². The van der Waals surface area contributed by atoms with Gasteiger partial charge in [-0.05, 0) is 43.0 Å². The molecule has 1 aromatic heterocycles. The number of hydrogen-bond donors (Lipinski definition) is 1. The number of carbonyl (C=O) groups excluding carboxylic acids is 1. The van der Waals surface area contributed by atoms with Gasteiger partial charge in [-0.25, -0.2) is 4.39 Å². The van der Waals surface area contributed by atoms with Gasteiger partial charge in [-0.15, -0.1) is 0 Å². The first-order valence-corrected chi connectivity index (χ1v) is 8.93. The zero-order valence-corrected chi connectivity index (χ0v) is 14.5. The first kappa shape index (κ1) is 17.6. The Kier molecular flexibility index (Phi) is 6.17. The van der Waals surface area contributed by atoms with E-state index in [0.717, 1.165) is 63.2 Å². The van der Waals surface area contributed by atoms with E-state index < -0.39 is 0 Å². The summed E-state index contributed by atoms with van der Waals surface area (Å²) in [5.74, 6) is 0.00887. The molecule has 1 aliphatic heterocycles. The van der Waals surface area contributed by atoms with E-state index in [1.807, 2.05) is 11.0 Å². The third kappa shape index (κ3) is 5.39. The second-order valence-corrected chi connectivity index (χ2v) is 6.57. The molecule has 5 nitrogen and oxygen atoms in total. The Labute approximate surface area is 147 Å². The zero-order chi connectivity index (χ0) is 17.5. The Morgan fingerprint density at radius 1 is 1.12 bits per heavy atom. The molecule has 0 spiro atoms. The normalized spacial score (nSPS) is 16.0. The van der Waals surface area contributed by atoms with Crippen molar-refractivity contribution in [2.24, 2.45) is 0 Å². The fourth-order valence-corrected chi connectivity index (χ4v) is 3.25. The van der Waals surface area contributed by atoms with E-state index in [0.29, 0.717) is 6.42 Å². The third-order valence-electron chi connectivity index (χ3n) is 4.66. The number of rotatable bonds is 6. The number of benzene rings is 1. The highest BCUT2D eigenvalue weighted by molar-refractivity contribution is 5.76. The maximum Gasteiger partial charge on any atom is 0.222 e. The molecule has 1 amide bonds. The number of aromatic nitrogens is 2. The molecule has 0 atom stereocenters. The summed E-state index contributed by atoms with van der Waals surface area (Å²) in [6, 6.07) is 8.52. The van der Waals surface area contributed by atoms with Gasteiger partial charge in [0.2, 0.25) is 5.91 Å². The smallest absolute Gasteiger partial charge is 0.222 e. The Morgan fingerprint density at radius 3 is 2.72 bits per heavy atom. The Bertz CT molecular complexity index is 657. The van der Waals surface area contributed by atoms with Crippen LogP contribution >= 0.6 is 0 Å². The van der Waals surface area contributed by atoms with Crippen LogP contribution < -0.4 is 0 Å². The average molecular weight is 344 g/mol. The van der Waals surface area contributed by atoms with Crippen molar-refractivity contribution in [1.29, 1.82) is 0 Å². The lowest BCUT2D eigenvalue weighted by Gasteiger charge is -2.21. The van der Waals surface area contributed by atoms with E-state index in [1.165, 1.54) is 12.1 Å². The largest absolute Gasteiger partial charge is 0.341 e. The van der Waals surface area contributed by atoms with E-state index in [2.05, 4.69) is 15.1 Å². The van der Waals surface area contributed by atoms with Gasteiger partial charge in [0.15, 0.2) is 0 Å². The SMILES string of the molecule is O=C(CCCc1ccc(F)cc1)N1CCCN(Cc2ccn[nH]2)CC1. The highest BCUT2D eigenvalue weighted by Crippen LogP contribution is 2.11. The first-order valence-electron chi connectivity index (χ1n) is 8.93. The lowest BCUT2D eigenvalue weighted by atomic mass is 10.1. The van der Waals surface area contributed by atoms with Crippen LogP contribution in [0.5, 0.6) is 0 Å². The molecule has 1 fully saturated rings. The van der Waals surface area contributed by atoms with Crippen LogP contribution in [0.3, 0.4) is 0 Å². The minimum absolute atomic E-state index is 0.218. The van der Waals surface area contributed by atoms with Crippen LogP contribution in [0.4, 0.5) is 4.39 Å². The van der Waals surface area contributed by atoms with Crippen LogP contribution in [-0.2, 0) is 17.8 Å². The predicted octanol–water partition coefficient (Wildman–Crippen LogP) is 2.61. The Hall–Kier alpha value is -2.21. The fourth-order valence-electron chi connectivity index (χ4n) is 3.25. The molecule has 6 heteroatoms. The number of H-pyrrole nitrogens is 1. The van der Waals surface area contributed by atoms with Gasteiger partial charge >= 0.3 is 0 Å². The first-order chi connectivity index (χ1) is 12.2. The number of nitrogens with one attached hydrogen (secondary N) is 1. The van der Waals surface area contributed by atoms with E-state index in [9.17, 15) is 9.18 Å². The number of hydrogen-bond acceptors (Lipinski definition) is 3. The van der Waals surface area contributed by atoms with Gasteiger partial charge < -0.3 is 4.90 Å². The number of carbonyl (C=O) groups is 1. The summed E-state index contributed by atoms with van der Waals surface area (Å²) in [6.45, 7) is 4.35.